The largest absolute Gasteiger partial charge is 0.343 e. The number of carbonyl (C=O) groups is 1. The average Bonchev–Trinajstić information content (AvgIpc) is 2.46. The Balaban J connectivity index is 2.37. The Bertz CT molecular complexity index is 251. The van der Waals surface area contributed by atoms with E-state index in [1.807, 2.05) is 0 Å². The van der Waals surface area contributed by atoms with Gasteiger partial charge in [0.1, 0.15) is 0 Å². The minimum atomic E-state index is 0.322. The Morgan fingerprint density at radius 1 is 1.35 bits per heavy atom. The fourth-order valence-electron chi connectivity index (χ4n) is 2.32. The normalized spacial score (nSPS) is 22.0. The molecule has 17 heavy (non-hydrogen) atoms. The number of nitrogens with two attached hydrogens (primary N) is 1. The molecular formula is C14H28N2O. The molecule has 1 aliphatic heterocycles. The molecule has 1 amide bonds. The molecule has 1 saturated heterocycles. The molecule has 3 heteroatoms. The van der Waals surface area contributed by atoms with Crippen LogP contribution in [0.4, 0.5) is 0 Å². The summed E-state index contributed by atoms with van der Waals surface area (Å²) in [7, 11) is 0. The number of carbonyl (C=O) groups excluding carboxylic acids is 1. The highest BCUT2D eigenvalue weighted by atomic mass is 16.2. The molecule has 0 aromatic carbocycles. The van der Waals surface area contributed by atoms with Crippen molar-refractivity contribution in [2.24, 2.45) is 17.1 Å². The average molecular weight is 240 g/mol. The Morgan fingerprint density at radius 3 is 2.71 bits per heavy atom. The lowest BCUT2D eigenvalue weighted by Gasteiger charge is -2.23. The number of nitrogens with zero attached hydrogens (tertiary/aromatic N) is 1. The molecule has 1 aliphatic rings. The first-order valence-electron chi connectivity index (χ1n) is 6.92. The van der Waals surface area contributed by atoms with Gasteiger partial charge in [0.25, 0.3) is 0 Å². The van der Waals surface area contributed by atoms with Crippen LogP contribution < -0.4 is 5.73 Å². The van der Waals surface area contributed by atoms with Crippen LogP contribution in [0.25, 0.3) is 0 Å². The second-order valence-corrected chi connectivity index (χ2v) is 6.28. The summed E-state index contributed by atoms with van der Waals surface area (Å²) in [5.41, 5.74) is 5.97. The van der Waals surface area contributed by atoms with E-state index in [0.717, 1.165) is 32.4 Å². The van der Waals surface area contributed by atoms with Gasteiger partial charge in [-0.15, -0.1) is 0 Å². The molecule has 0 aliphatic carbocycles. The van der Waals surface area contributed by atoms with Crippen LogP contribution in [0.2, 0.25) is 0 Å². The van der Waals surface area contributed by atoms with Gasteiger partial charge in [0.05, 0.1) is 0 Å². The highest BCUT2D eigenvalue weighted by Crippen LogP contribution is 2.30. The molecule has 0 aromatic heterocycles. The molecular weight excluding hydrogens is 212 g/mol. The summed E-state index contributed by atoms with van der Waals surface area (Å²) in [6, 6.07) is 0. The molecule has 100 valence electrons. The number of amides is 1. The Kier molecular flexibility index (Phi) is 5.44. The van der Waals surface area contributed by atoms with Gasteiger partial charge in [-0.25, -0.2) is 0 Å². The number of hydrogen-bond donors (Lipinski definition) is 1. The molecule has 1 rings (SSSR count). The fourth-order valence-corrected chi connectivity index (χ4v) is 2.32. The van der Waals surface area contributed by atoms with Gasteiger partial charge in [-0.05, 0) is 43.6 Å². The summed E-state index contributed by atoms with van der Waals surface area (Å²) in [5, 5.41) is 0. The Hall–Kier alpha value is -0.570. The third kappa shape index (κ3) is 5.07. The second-order valence-electron chi connectivity index (χ2n) is 6.28. The first-order chi connectivity index (χ1) is 7.94. The lowest BCUT2D eigenvalue weighted by Crippen LogP contribution is -2.32. The summed E-state index contributed by atoms with van der Waals surface area (Å²) in [6.07, 6.45) is 5.10. The van der Waals surface area contributed by atoms with Crippen molar-refractivity contribution in [1.82, 2.24) is 4.90 Å². The summed E-state index contributed by atoms with van der Waals surface area (Å²) < 4.78 is 0. The summed E-state index contributed by atoms with van der Waals surface area (Å²) in [5.74, 6) is 0.783. The lowest BCUT2D eigenvalue weighted by molar-refractivity contribution is -0.131. The van der Waals surface area contributed by atoms with Crippen LogP contribution in [0, 0.1) is 11.3 Å². The first kappa shape index (κ1) is 14.5. The van der Waals surface area contributed by atoms with Crippen molar-refractivity contribution in [1.29, 1.82) is 0 Å². The van der Waals surface area contributed by atoms with Gasteiger partial charge in [0, 0.05) is 19.5 Å². The molecule has 0 saturated carbocycles. The minimum absolute atomic E-state index is 0.322. The number of hydrogen-bond acceptors (Lipinski definition) is 2. The van der Waals surface area contributed by atoms with Crippen molar-refractivity contribution in [3.8, 4) is 0 Å². The van der Waals surface area contributed by atoms with Gasteiger partial charge in [-0.1, -0.05) is 20.8 Å². The van der Waals surface area contributed by atoms with Crippen molar-refractivity contribution >= 4 is 5.91 Å². The van der Waals surface area contributed by atoms with Gasteiger partial charge in [0.15, 0.2) is 0 Å². The van der Waals surface area contributed by atoms with E-state index >= 15 is 0 Å². The van der Waals surface area contributed by atoms with Crippen LogP contribution in [0.5, 0.6) is 0 Å². The maximum absolute atomic E-state index is 12.1. The van der Waals surface area contributed by atoms with Crippen LogP contribution in [0.1, 0.15) is 52.9 Å². The molecule has 0 aromatic rings. The summed E-state index contributed by atoms with van der Waals surface area (Å²) in [6.45, 7) is 9.27. The second kappa shape index (κ2) is 6.39. The molecule has 0 spiro atoms. The predicted molar refractivity (Wildman–Crippen MR) is 71.7 cm³/mol. The Labute approximate surface area is 106 Å². The molecule has 0 radical (unpaired) electrons. The van der Waals surface area contributed by atoms with Gasteiger partial charge in [-0.3, -0.25) is 4.79 Å². The van der Waals surface area contributed by atoms with E-state index in [9.17, 15) is 4.79 Å². The van der Waals surface area contributed by atoms with Crippen LogP contribution in [-0.2, 0) is 4.79 Å². The van der Waals surface area contributed by atoms with Gasteiger partial charge in [-0.2, -0.15) is 0 Å². The minimum Gasteiger partial charge on any atom is -0.343 e. The molecule has 2 N–H and O–H groups in total. The molecule has 0 bridgehead atoms. The van der Waals surface area contributed by atoms with Gasteiger partial charge >= 0.3 is 0 Å². The van der Waals surface area contributed by atoms with Gasteiger partial charge < -0.3 is 10.6 Å². The van der Waals surface area contributed by atoms with E-state index in [1.54, 1.807) is 0 Å². The van der Waals surface area contributed by atoms with Crippen LogP contribution in [0.15, 0.2) is 0 Å². The molecule has 1 heterocycles. The van der Waals surface area contributed by atoms with E-state index in [-0.39, 0.29) is 0 Å². The molecule has 1 atom stereocenters. The monoisotopic (exact) mass is 240 g/mol. The smallest absolute Gasteiger partial charge is 0.222 e. The summed E-state index contributed by atoms with van der Waals surface area (Å²) >= 11 is 0. The quantitative estimate of drug-likeness (QED) is 0.820. The molecule has 1 unspecified atom stereocenters. The van der Waals surface area contributed by atoms with Crippen LogP contribution in [-0.4, -0.2) is 30.4 Å². The van der Waals surface area contributed by atoms with E-state index in [0.29, 0.717) is 30.2 Å². The third-order valence-electron chi connectivity index (χ3n) is 3.95. The van der Waals surface area contributed by atoms with Crippen LogP contribution >= 0.6 is 0 Å². The lowest BCUT2D eigenvalue weighted by atomic mass is 9.85. The standard InChI is InChI=1S/C14H28N2O/c1-12(11-15)5-6-13(17)16-9-4-7-14(2,3)8-10-16/h12H,4-11,15H2,1-3H3. The number of likely N-dealkylation sites (tertiary alicyclic amines) is 1. The summed E-state index contributed by atoms with van der Waals surface area (Å²) in [4.78, 5) is 14.1. The van der Waals surface area contributed by atoms with Crippen molar-refractivity contribution in [3.63, 3.8) is 0 Å². The maximum atomic E-state index is 12.1. The van der Waals surface area contributed by atoms with E-state index in [2.05, 4.69) is 25.7 Å². The predicted octanol–water partition coefficient (Wildman–Crippen LogP) is 2.40. The molecule has 3 nitrogen and oxygen atoms in total. The van der Waals surface area contributed by atoms with Crippen molar-refractivity contribution in [3.05, 3.63) is 0 Å². The van der Waals surface area contributed by atoms with Gasteiger partial charge in [0.2, 0.25) is 5.91 Å². The zero-order valence-corrected chi connectivity index (χ0v) is 11.7. The van der Waals surface area contributed by atoms with Crippen molar-refractivity contribution in [2.45, 2.75) is 52.9 Å². The van der Waals surface area contributed by atoms with E-state index in [4.69, 9.17) is 5.73 Å². The van der Waals surface area contributed by atoms with Crippen molar-refractivity contribution < 1.29 is 4.79 Å². The van der Waals surface area contributed by atoms with E-state index in [1.165, 1.54) is 6.42 Å². The fraction of sp³-hybridized carbons (Fsp3) is 0.929. The zero-order chi connectivity index (χ0) is 12.9. The SMILES string of the molecule is CC(CN)CCC(=O)N1CCCC(C)(C)CC1. The molecule has 1 fully saturated rings. The van der Waals surface area contributed by atoms with Crippen LogP contribution in [0.3, 0.4) is 0 Å². The van der Waals surface area contributed by atoms with E-state index < -0.39 is 0 Å². The highest BCUT2D eigenvalue weighted by Gasteiger charge is 2.25. The maximum Gasteiger partial charge on any atom is 0.222 e. The zero-order valence-electron chi connectivity index (χ0n) is 11.7. The topological polar surface area (TPSA) is 46.3 Å². The first-order valence-corrected chi connectivity index (χ1v) is 6.92. The number of rotatable bonds is 4. The van der Waals surface area contributed by atoms with Crippen molar-refractivity contribution in [2.75, 3.05) is 19.6 Å². The third-order valence-corrected chi connectivity index (χ3v) is 3.95. The Morgan fingerprint density at radius 2 is 2.06 bits per heavy atom. The highest BCUT2D eigenvalue weighted by molar-refractivity contribution is 5.76.